The van der Waals surface area contributed by atoms with Gasteiger partial charge in [-0.05, 0) is 0 Å². The Morgan fingerprint density at radius 2 is 1.88 bits per heavy atom. The van der Waals surface area contributed by atoms with Gasteiger partial charge in [0, 0.05) is 56.0 Å². The summed E-state index contributed by atoms with van der Waals surface area (Å²) in [5, 5.41) is 3.04. The lowest BCUT2D eigenvalue weighted by Crippen LogP contribution is -2.40. The van der Waals surface area contributed by atoms with Gasteiger partial charge < -0.3 is 19.8 Å². The molecule has 1 amide bonds. The lowest BCUT2D eigenvalue weighted by molar-refractivity contribution is -0.0222. The van der Waals surface area contributed by atoms with Gasteiger partial charge in [-0.1, -0.05) is 0 Å². The van der Waals surface area contributed by atoms with E-state index in [0.29, 0.717) is 16.8 Å². The summed E-state index contributed by atoms with van der Waals surface area (Å²) in [5.74, 6) is -4.50. The number of hydrogen-bond acceptors (Lipinski definition) is 5. The number of alkyl halides is 2. The highest BCUT2D eigenvalue weighted by Gasteiger charge is 2.35. The number of fused-ring (bicyclic) bond motifs is 1. The number of hydrogen-bond donors (Lipinski definition) is 2. The smallest absolute Gasteiger partial charge is 0.275 e. The maximum absolute atomic E-state index is 14.7. The maximum Gasteiger partial charge on any atom is 0.275 e. The highest BCUT2D eigenvalue weighted by molar-refractivity contribution is 6.07. The molecule has 1 aliphatic heterocycles. The van der Waals surface area contributed by atoms with Gasteiger partial charge in [0.25, 0.3) is 11.8 Å². The summed E-state index contributed by atoms with van der Waals surface area (Å²) in [4.78, 5) is 28.7. The van der Waals surface area contributed by atoms with E-state index in [9.17, 15) is 22.4 Å². The zero-order valence-corrected chi connectivity index (χ0v) is 17.0. The fourth-order valence-electron chi connectivity index (χ4n) is 3.72. The third-order valence-corrected chi connectivity index (χ3v) is 5.51. The Morgan fingerprint density at radius 3 is 2.64 bits per heavy atom. The van der Waals surface area contributed by atoms with Crippen LogP contribution in [0.3, 0.4) is 0 Å². The molecular formula is C21H17F4N7O. The number of nitrogens with zero attached hydrogens (tertiary/aromatic N) is 5. The average Bonchev–Trinajstić information content (AvgIpc) is 3.43. The zero-order valence-electron chi connectivity index (χ0n) is 17.0. The predicted octanol–water partition coefficient (Wildman–Crippen LogP) is 3.91. The largest absolute Gasteiger partial charge is 0.357 e. The van der Waals surface area contributed by atoms with E-state index in [1.165, 1.54) is 46.6 Å². The van der Waals surface area contributed by atoms with Crippen molar-refractivity contribution < 1.29 is 22.4 Å². The van der Waals surface area contributed by atoms with E-state index in [4.69, 9.17) is 0 Å². The number of rotatable bonds is 4. The molecule has 4 aromatic rings. The van der Waals surface area contributed by atoms with Gasteiger partial charge in [-0.2, -0.15) is 0 Å². The molecule has 8 nitrogen and oxygen atoms in total. The Morgan fingerprint density at radius 1 is 1.09 bits per heavy atom. The van der Waals surface area contributed by atoms with Crippen molar-refractivity contribution in [3.63, 3.8) is 0 Å². The SMILES string of the molecule is O=C(Nc1c[nH]c2c(F)cncc12)c1cn(-c2cnc(N3CCC(F)(F)CC3)c(F)c2)cn1. The van der Waals surface area contributed by atoms with Crippen molar-refractivity contribution in [3.05, 3.63) is 60.7 Å². The Balaban J connectivity index is 1.32. The van der Waals surface area contributed by atoms with Crippen molar-refractivity contribution in [2.24, 2.45) is 0 Å². The predicted molar refractivity (Wildman–Crippen MR) is 112 cm³/mol. The van der Waals surface area contributed by atoms with Gasteiger partial charge >= 0.3 is 0 Å². The molecule has 1 saturated heterocycles. The van der Waals surface area contributed by atoms with E-state index in [1.807, 2.05) is 0 Å². The van der Waals surface area contributed by atoms with Crippen LogP contribution in [0.2, 0.25) is 0 Å². The van der Waals surface area contributed by atoms with Gasteiger partial charge in [0.05, 0.1) is 29.3 Å². The molecule has 0 atom stereocenters. The molecule has 1 fully saturated rings. The Hall–Kier alpha value is -3.96. The second-order valence-electron chi connectivity index (χ2n) is 7.71. The summed E-state index contributed by atoms with van der Waals surface area (Å²) in [6.07, 6.45) is 7.31. The van der Waals surface area contributed by atoms with Crippen LogP contribution in [0.5, 0.6) is 0 Å². The molecule has 170 valence electrons. The Bertz CT molecular complexity index is 1340. The highest BCUT2D eigenvalue weighted by atomic mass is 19.3. The average molecular weight is 459 g/mol. The third kappa shape index (κ3) is 3.99. The third-order valence-electron chi connectivity index (χ3n) is 5.51. The second kappa shape index (κ2) is 7.87. The van der Waals surface area contributed by atoms with Crippen LogP contribution < -0.4 is 10.2 Å². The minimum atomic E-state index is -2.74. The standard InChI is InChI=1S/C21H17F4N7O/c22-14-5-12(6-28-19(14)31-3-1-21(24,25)2-4-31)32-10-17(29-11-32)20(33)30-16-9-27-18-13(16)7-26-8-15(18)23/h5-11,27H,1-4H2,(H,30,33). The first-order chi connectivity index (χ1) is 15.8. The monoisotopic (exact) mass is 459 g/mol. The summed E-state index contributed by atoms with van der Waals surface area (Å²) < 4.78 is 56.6. The number of carbonyl (C=O) groups is 1. The fourth-order valence-corrected chi connectivity index (χ4v) is 3.72. The summed E-state index contributed by atoms with van der Waals surface area (Å²) in [6, 6.07) is 1.20. The van der Waals surface area contributed by atoms with Crippen molar-refractivity contribution in [2.75, 3.05) is 23.3 Å². The number of pyridine rings is 2. The van der Waals surface area contributed by atoms with Crippen LogP contribution in [0.1, 0.15) is 23.3 Å². The van der Waals surface area contributed by atoms with E-state index >= 15 is 0 Å². The van der Waals surface area contributed by atoms with Gasteiger partial charge in [0.1, 0.15) is 12.0 Å². The molecule has 0 spiro atoms. The van der Waals surface area contributed by atoms with Crippen LogP contribution in [0, 0.1) is 11.6 Å². The molecule has 5 heterocycles. The number of halogens is 4. The number of amides is 1. The maximum atomic E-state index is 14.7. The van der Waals surface area contributed by atoms with Gasteiger partial charge in [-0.15, -0.1) is 0 Å². The van der Waals surface area contributed by atoms with E-state index < -0.39 is 23.5 Å². The van der Waals surface area contributed by atoms with Gasteiger partial charge in [0.2, 0.25) is 0 Å². The summed E-state index contributed by atoms with van der Waals surface area (Å²) in [7, 11) is 0. The molecule has 2 N–H and O–H groups in total. The summed E-state index contributed by atoms with van der Waals surface area (Å²) in [5.41, 5.74) is 0.894. The normalized spacial score (nSPS) is 15.7. The molecule has 12 heteroatoms. The zero-order chi connectivity index (χ0) is 23.2. The molecule has 0 aliphatic carbocycles. The van der Waals surface area contributed by atoms with E-state index in [2.05, 4.69) is 25.3 Å². The number of carbonyl (C=O) groups excluding carboxylic acids is 1. The van der Waals surface area contributed by atoms with Crippen LogP contribution in [-0.2, 0) is 0 Å². The molecule has 0 aromatic carbocycles. The molecule has 1 aliphatic rings. The van der Waals surface area contributed by atoms with Gasteiger partial charge in [-0.3, -0.25) is 9.78 Å². The molecule has 0 saturated carbocycles. The van der Waals surface area contributed by atoms with Crippen LogP contribution in [0.15, 0.2) is 43.4 Å². The number of aromatic nitrogens is 5. The van der Waals surface area contributed by atoms with Crippen LogP contribution in [0.4, 0.5) is 29.1 Å². The molecule has 33 heavy (non-hydrogen) atoms. The molecular weight excluding hydrogens is 442 g/mol. The van der Waals surface area contributed by atoms with Crippen molar-refractivity contribution in [1.82, 2.24) is 24.5 Å². The molecule has 5 rings (SSSR count). The lowest BCUT2D eigenvalue weighted by atomic mass is 10.1. The highest BCUT2D eigenvalue weighted by Crippen LogP contribution is 2.31. The molecule has 0 bridgehead atoms. The van der Waals surface area contributed by atoms with E-state index in [1.54, 1.807) is 0 Å². The first kappa shape index (κ1) is 20.9. The topological polar surface area (TPSA) is 91.7 Å². The first-order valence-electron chi connectivity index (χ1n) is 10.1. The quantitative estimate of drug-likeness (QED) is 0.452. The minimum Gasteiger partial charge on any atom is -0.357 e. The van der Waals surface area contributed by atoms with Crippen LogP contribution in [0.25, 0.3) is 16.6 Å². The number of imidazole rings is 1. The molecule has 0 unspecified atom stereocenters. The first-order valence-corrected chi connectivity index (χ1v) is 10.1. The number of piperidine rings is 1. The van der Waals surface area contributed by atoms with Crippen molar-refractivity contribution in [3.8, 4) is 5.69 Å². The number of H-pyrrole nitrogens is 1. The molecule has 0 radical (unpaired) electrons. The fraction of sp³-hybridized carbons (Fsp3) is 0.238. The minimum absolute atomic E-state index is 0.00695. The number of anilines is 2. The Labute approximate surface area is 184 Å². The van der Waals surface area contributed by atoms with Crippen molar-refractivity contribution >= 4 is 28.3 Å². The van der Waals surface area contributed by atoms with E-state index in [0.717, 1.165) is 6.20 Å². The van der Waals surface area contributed by atoms with Crippen molar-refractivity contribution in [1.29, 1.82) is 0 Å². The van der Waals surface area contributed by atoms with Crippen LogP contribution >= 0.6 is 0 Å². The van der Waals surface area contributed by atoms with Gasteiger partial charge in [0.15, 0.2) is 17.5 Å². The number of aromatic amines is 1. The summed E-state index contributed by atoms with van der Waals surface area (Å²) >= 11 is 0. The lowest BCUT2D eigenvalue weighted by Gasteiger charge is -2.32. The number of nitrogens with one attached hydrogen (secondary N) is 2. The van der Waals surface area contributed by atoms with Crippen molar-refractivity contribution in [2.45, 2.75) is 18.8 Å². The molecule has 4 aromatic heterocycles. The second-order valence-corrected chi connectivity index (χ2v) is 7.71. The van der Waals surface area contributed by atoms with Crippen LogP contribution in [-0.4, -0.2) is 49.4 Å². The Kier molecular flexibility index (Phi) is 4.99. The van der Waals surface area contributed by atoms with E-state index in [-0.39, 0.29) is 43.0 Å². The van der Waals surface area contributed by atoms with Gasteiger partial charge in [-0.25, -0.2) is 27.5 Å². The summed E-state index contributed by atoms with van der Waals surface area (Å²) in [6.45, 7) is 0.0256.